The van der Waals surface area contributed by atoms with E-state index in [1.54, 1.807) is 18.2 Å². The highest BCUT2D eigenvalue weighted by Gasteiger charge is 2.45. The van der Waals surface area contributed by atoms with Gasteiger partial charge in [0.05, 0.1) is 12.9 Å². The molecule has 1 aromatic carbocycles. The molecule has 15 heteroatoms. The molecule has 1 amide bonds. The number of carbonyl (C=O) groups is 1. The maximum Gasteiger partial charge on any atom is 0.469 e. The van der Waals surface area contributed by atoms with Gasteiger partial charge in [0, 0.05) is 6.08 Å². The molecule has 0 spiro atoms. The average molecular weight is 493 g/mol. The molecule has 1 saturated heterocycles. The third-order valence-electron chi connectivity index (χ3n) is 4.92. The maximum atomic E-state index is 12.4. The Morgan fingerprint density at radius 3 is 2.71 bits per heavy atom. The van der Waals surface area contributed by atoms with Gasteiger partial charge in [0.1, 0.15) is 18.3 Å². The van der Waals surface area contributed by atoms with Crippen LogP contribution in [0.3, 0.4) is 0 Å². The molecule has 180 valence electrons. The van der Waals surface area contributed by atoms with Gasteiger partial charge in [-0.2, -0.15) is 4.98 Å². The Kier molecular flexibility index (Phi) is 6.72. The van der Waals surface area contributed by atoms with Crippen molar-refractivity contribution in [1.29, 1.82) is 0 Å². The van der Waals surface area contributed by atoms with E-state index < -0.39 is 50.4 Å². The number of phosphoric ester groups is 1. The number of aliphatic hydroxyl groups excluding tert-OH is 2. The van der Waals surface area contributed by atoms with Crippen LogP contribution < -0.4 is 10.9 Å². The summed E-state index contributed by atoms with van der Waals surface area (Å²) in [6, 6.07) is 9.06. The fourth-order valence-corrected chi connectivity index (χ4v) is 3.67. The van der Waals surface area contributed by atoms with Crippen molar-refractivity contribution in [1.82, 2.24) is 19.5 Å². The number of nitrogens with zero attached hydrogens (tertiary/aromatic N) is 3. The number of anilines is 1. The van der Waals surface area contributed by atoms with Crippen LogP contribution in [-0.2, 0) is 18.6 Å². The van der Waals surface area contributed by atoms with Crippen molar-refractivity contribution in [3.63, 3.8) is 0 Å². The minimum Gasteiger partial charge on any atom is -0.387 e. The number of aromatic nitrogens is 4. The second-order valence-corrected chi connectivity index (χ2v) is 8.54. The van der Waals surface area contributed by atoms with Crippen molar-refractivity contribution < 1.29 is 38.6 Å². The Hall–Kier alpha value is -3.23. The van der Waals surface area contributed by atoms with Gasteiger partial charge >= 0.3 is 7.82 Å². The van der Waals surface area contributed by atoms with Gasteiger partial charge in [-0.15, -0.1) is 0 Å². The topological polar surface area (TPSA) is 209 Å². The first kappa shape index (κ1) is 23.9. The molecule has 0 bridgehead atoms. The summed E-state index contributed by atoms with van der Waals surface area (Å²) >= 11 is 0. The molecule has 0 saturated carbocycles. The van der Waals surface area contributed by atoms with Crippen LogP contribution in [0.25, 0.3) is 17.2 Å². The summed E-state index contributed by atoms with van der Waals surface area (Å²) in [6.45, 7) is -0.700. The lowest BCUT2D eigenvalue weighted by Gasteiger charge is -2.16. The molecule has 34 heavy (non-hydrogen) atoms. The molecule has 4 rings (SSSR count). The monoisotopic (exact) mass is 493 g/mol. The molecule has 3 heterocycles. The number of phosphoric acid groups is 1. The molecular weight excluding hydrogens is 473 g/mol. The minimum absolute atomic E-state index is 0.0705. The standard InChI is InChI=1S/C19H20N5O9P/c25-12(7-6-10-4-2-1-3-5-10)21-19-22-16-13(17(28)23-19)20-9-24(16)18-15(27)14(26)11(33-18)8-32-34(29,30)31/h1-7,9,11,14-15,18,26-27H,8H2,(H2,29,30,31)(H2,21,22,23,25,28)/b7-6+/t11-,14-,15-,18-/m1/s1. The second kappa shape index (κ2) is 9.56. The van der Waals surface area contributed by atoms with Gasteiger partial charge in [0.25, 0.3) is 11.5 Å². The number of aromatic amines is 1. The summed E-state index contributed by atoms with van der Waals surface area (Å²) in [5, 5.41) is 23.0. The zero-order chi connectivity index (χ0) is 24.5. The number of nitrogens with one attached hydrogen (secondary N) is 2. The summed E-state index contributed by atoms with van der Waals surface area (Å²) in [7, 11) is -4.83. The molecule has 0 aliphatic carbocycles. The van der Waals surface area contributed by atoms with Crippen LogP contribution in [0.4, 0.5) is 5.95 Å². The summed E-state index contributed by atoms with van der Waals surface area (Å²) < 4.78 is 21.9. The predicted octanol–water partition coefficient (Wildman–Crippen LogP) is -0.500. The van der Waals surface area contributed by atoms with E-state index in [0.29, 0.717) is 0 Å². The van der Waals surface area contributed by atoms with Gasteiger partial charge < -0.3 is 24.7 Å². The highest BCUT2D eigenvalue weighted by atomic mass is 31.2. The number of benzene rings is 1. The smallest absolute Gasteiger partial charge is 0.387 e. The summed E-state index contributed by atoms with van der Waals surface area (Å²) in [4.78, 5) is 52.8. The van der Waals surface area contributed by atoms with Crippen molar-refractivity contribution in [3.8, 4) is 0 Å². The summed E-state index contributed by atoms with van der Waals surface area (Å²) in [5.74, 6) is -0.768. The largest absolute Gasteiger partial charge is 0.469 e. The molecule has 4 atom stereocenters. The van der Waals surface area contributed by atoms with E-state index in [1.165, 1.54) is 6.08 Å². The Labute approximate surface area is 190 Å². The van der Waals surface area contributed by atoms with Gasteiger partial charge in [0.2, 0.25) is 5.95 Å². The number of amides is 1. The van der Waals surface area contributed by atoms with Gasteiger partial charge in [-0.25, -0.2) is 9.55 Å². The van der Waals surface area contributed by atoms with E-state index in [2.05, 4.69) is 24.8 Å². The number of aliphatic hydroxyl groups is 2. The number of hydrogen-bond donors (Lipinski definition) is 6. The average Bonchev–Trinajstić information content (AvgIpc) is 3.32. The molecular formula is C19H20N5O9P. The van der Waals surface area contributed by atoms with Crippen LogP contribution in [0.1, 0.15) is 11.8 Å². The van der Waals surface area contributed by atoms with Crippen LogP contribution >= 0.6 is 7.82 Å². The van der Waals surface area contributed by atoms with Crippen LogP contribution in [0.2, 0.25) is 0 Å². The summed E-state index contributed by atoms with van der Waals surface area (Å²) in [5.41, 5.74) is -0.0896. The molecule has 1 fully saturated rings. The van der Waals surface area contributed by atoms with Crippen molar-refractivity contribution in [2.45, 2.75) is 24.5 Å². The molecule has 14 nitrogen and oxygen atoms in total. The third-order valence-corrected chi connectivity index (χ3v) is 5.40. The second-order valence-electron chi connectivity index (χ2n) is 7.30. The Balaban J connectivity index is 1.56. The molecule has 2 aromatic heterocycles. The van der Waals surface area contributed by atoms with E-state index in [1.807, 2.05) is 18.2 Å². The molecule has 6 N–H and O–H groups in total. The van der Waals surface area contributed by atoms with Gasteiger partial charge in [-0.05, 0) is 11.6 Å². The Morgan fingerprint density at radius 1 is 1.26 bits per heavy atom. The SMILES string of the molecule is O=C(/C=C/c1ccccc1)Nc1nc2c(ncn2[C@@H]2O[C@H](COP(=O)(O)O)[C@@H](O)[C@H]2O)c(=O)[nH]1. The first-order valence-electron chi connectivity index (χ1n) is 9.85. The maximum absolute atomic E-state index is 12.4. The minimum atomic E-state index is -4.83. The molecule has 3 aromatic rings. The number of hydrogen-bond acceptors (Lipinski definition) is 9. The van der Waals surface area contributed by atoms with Crippen LogP contribution in [0.5, 0.6) is 0 Å². The zero-order valence-corrected chi connectivity index (χ0v) is 18.1. The summed E-state index contributed by atoms with van der Waals surface area (Å²) in [6.07, 6.45) is -1.74. The van der Waals surface area contributed by atoms with Gasteiger partial charge in [-0.3, -0.25) is 29.0 Å². The van der Waals surface area contributed by atoms with Crippen LogP contribution in [0, 0.1) is 0 Å². The first-order chi connectivity index (χ1) is 16.1. The molecule has 0 radical (unpaired) electrons. The van der Waals surface area contributed by atoms with Crippen molar-refractivity contribution in [3.05, 3.63) is 58.7 Å². The number of rotatable bonds is 7. The van der Waals surface area contributed by atoms with Crippen molar-refractivity contribution >= 4 is 36.9 Å². The number of carbonyl (C=O) groups excluding carboxylic acids is 1. The highest BCUT2D eigenvalue weighted by molar-refractivity contribution is 7.46. The Morgan fingerprint density at radius 2 is 2.00 bits per heavy atom. The zero-order valence-electron chi connectivity index (χ0n) is 17.3. The van der Waals surface area contributed by atoms with Crippen molar-refractivity contribution in [2.24, 2.45) is 0 Å². The highest BCUT2D eigenvalue weighted by Crippen LogP contribution is 2.38. The quantitative estimate of drug-likeness (QED) is 0.182. The van der Waals surface area contributed by atoms with E-state index in [4.69, 9.17) is 14.5 Å². The molecule has 1 aliphatic heterocycles. The lowest BCUT2D eigenvalue weighted by Crippen LogP contribution is -2.33. The van der Waals surface area contributed by atoms with Gasteiger partial charge in [-0.1, -0.05) is 30.3 Å². The van der Waals surface area contributed by atoms with Crippen molar-refractivity contribution in [2.75, 3.05) is 11.9 Å². The Bertz CT molecular complexity index is 1320. The number of imidazole rings is 1. The fraction of sp³-hybridized carbons (Fsp3) is 0.263. The van der Waals surface area contributed by atoms with Crippen LogP contribution in [-0.4, -0.2) is 70.3 Å². The van der Waals surface area contributed by atoms with Crippen LogP contribution in [0.15, 0.2) is 47.5 Å². The van der Waals surface area contributed by atoms with E-state index >= 15 is 0 Å². The predicted molar refractivity (Wildman–Crippen MR) is 116 cm³/mol. The lowest BCUT2D eigenvalue weighted by molar-refractivity contribution is -0.111. The number of H-pyrrole nitrogens is 1. The fourth-order valence-electron chi connectivity index (χ4n) is 3.33. The number of ether oxygens (including phenoxy) is 1. The molecule has 0 unspecified atom stereocenters. The van der Waals surface area contributed by atoms with E-state index in [9.17, 15) is 24.4 Å². The normalized spacial score (nSPS) is 23.1. The third kappa shape index (κ3) is 5.29. The molecule has 1 aliphatic rings. The van der Waals surface area contributed by atoms with E-state index in [-0.39, 0.29) is 17.1 Å². The van der Waals surface area contributed by atoms with Gasteiger partial charge in [0.15, 0.2) is 17.4 Å². The van der Waals surface area contributed by atoms with E-state index in [0.717, 1.165) is 16.5 Å². The lowest BCUT2D eigenvalue weighted by atomic mass is 10.1. The first-order valence-corrected chi connectivity index (χ1v) is 11.4. The number of fused-ring (bicyclic) bond motifs is 1.